The van der Waals surface area contributed by atoms with Gasteiger partial charge in [0.25, 0.3) is 0 Å². The Morgan fingerprint density at radius 1 is 1.00 bits per heavy atom. The molecule has 8 heteroatoms. The Bertz CT molecular complexity index is 1540. The van der Waals surface area contributed by atoms with Crippen molar-refractivity contribution in [2.24, 2.45) is 5.41 Å². The fourth-order valence-electron chi connectivity index (χ4n) is 6.73. The van der Waals surface area contributed by atoms with E-state index in [1.165, 1.54) is 29.4 Å². The van der Waals surface area contributed by atoms with Crippen molar-refractivity contribution in [3.05, 3.63) is 64.7 Å². The number of rotatable bonds is 5. The standard InChI is InChI=1S/C31H36ClN7/c1-31(2)17-33-12-11-26(31)39(3)30-27-22(18-8-9-18)15-34-16-25(27)37-29(38-30)19-10-13-35-28-21(19)14-24(36-28)20-6-4-5-7-23(20)32/h4-7,14-16,18-19,26,33,35-36H,8-13,17H2,1-3H3. The monoisotopic (exact) mass is 541 g/mol. The second-order valence-electron chi connectivity index (χ2n) is 12.1. The van der Waals surface area contributed by atoms with Crippen LogP contribution in [-0.4, -0.2) is 52.7 Å². The molecule has 4 aromatic rings. The molecule has 3 aromatic heterocycles. The van der Waals surface area contributed by atoms with Gasteiger partial charge in [-0.05, 0) is 61.3 Å². The average molecular weight is 542 g/mol. The van der Waals surface area contributed by atoms with Crippen LogP contribution in [0.2, 0.25) is 5.02 Å². The third-order valence-electron chi connectivity index (χ3n) is 8.96. The van der Waals surface area contributed by atoms with Crippen molar-refractivity contribution in [3.63, 3.8) is 0 Å². The van der Waals surface area contributed by atoms with E-state index in [1.54, 1.807) is 0 Å². The molecule has 0 spiro atoms. The van der Waals surface area contributed by atoms with Gasteiger partial charge in [-0.3, -0.25) is 4.98 Å². The minimum atomic E-state index is 0.0795. The van der Waals surface area contributed by atoms with E-state index in [0.29, 0.717) is 12.0 Å². The highest BCUT2D eigenvalue weighted by molar-refractivity contribution is 6.33. The number of halogens is 1. The van der Waals surface area contributed by atoms with Crippen LogP contribution in [0.3, 0.4) is 0 Å². The van der Waals surface area contributed by atoms with Crippen LogP contribution >= 0.6 is 11.6 Å². The highest BCUT2D eigenvalue weighted by Gasteiger charge is 2.38. The second-order valence-corrected chi connectivity index (χ2v) is 12.6. The summed E-state index contributed by atoms with van der Waals surface area (Å²) in [5, 5.41) is 9.08. The molecule has 3 aliphatic rings. The number of H-pyrrole nitrogens is 1. The number of pyridine rings is 1. The van der Waals surface area contributed by atoms with Crippen molar-refractivity contribution >= 4 is 34.1 Å². The van der Waals surface area contributed by atoms with Gasteiger partial charge in [-0.25, -0.2) is 9.97 Å². The van der Waals surface area contributed by atoms with Gasteiger partial charge in [0.2, 0.25) is 0 Å². The summed E-state index contributed by atoms with van der Waals surface area (Å²) in [4.78, 5) is 21.3. The molecular weight excluding hydrogens is 506 g/mol. The van der Waals surface area contributed by atoms with Crippen molar-refractivity contribution in [1.82, 2.24) is 25.3 Å². The summed E-state index contributed by atoms with van der Waals surface area (Å²) in [6.45, 7) is 7.61. The van der Waals surface area contributed by atoms with Gasteiger partial charge in [0, 0.05) is 65.5 Å². The van der Waals surface area contributed by atoms with E-state index < -0.39 is 0 Å². The number of hydrogen-bond acceptors (Lipinski definition) is 6. The Hall–Kier alpha value is -3.16. The molecule has 2 unspecified atom stereocenters. The zero-order valence-electron chi connectivity index (χ0n) is 22.9. The third kappa shape index (κ3) is 4.36. The van der Waals surface area contributed by atoms with Gasteiger partial charge in [0.05, 0.1) is 11.7 Å². The van der Waals surface area contributed by atoms with E-state index in [4.69, 9.17) is 21.6 Å². The molecule has 1 saturated carbocycles. The number of nitrogens with zero attached hydrogens (tertiary/aromatic N) is 4. The fourth-order valence-corrected chi connectivity index (χ4v) is 6.96. The van der Waals surface area contributed by atoms with Gasteiger partial charge in [-0.1, -0.05) is 43.6 Å². The Kier molecular flexibility index (Phi) is 6.05. The SMILES string of the molecule is CN(c1nc(C2CCNc3[nH]c(-c4ccccc4Cl)cc32)nc2cncc(C3CC3)c12)C1CCNCC1(C)C. The Balaban J connectivity index is 1.37. The van der Waals surface area contributed by atoms with Gasteiger partial charge in [0.1, 0.15) is 17.5 Å². The highest BCUT2D eigenvalue weighted by atomic mass is 35.5. The molecule has 3 N–H and O–H groups in total. The molecule has 0 radical (unpaired) electrons. The van der Waals surface area contributed by atoms with Gasteiger partial charge in [0.15, 0.2) is 0 Å². The first-order valence-electron chi connectivity index (χ1n) is 14.2. The zero-order valence-corrected chi connectivity index (χ0v) is 23.6. The number of fused-ring (bicyclic) bond motifs is 2. The molecule has 7 rings (SSSR count). The number of hydrogen-bond donors (Lipinski definition) is 3. The molecule has 7 nitrogen and oxygen atoms in total. The van der Waals surface area contributed by atoms with Gasteiger partial charge >= 0.3 is 0 Å². The van der Waals surface area contributed by atoms with Gasteiger partial charge < -0.3 is 20.5 Å². The maximum atomic E-state index is 6.56. The van der Waals surface area contributed by atoms with E-state index in [9.17, 15) is 0 Å². The smallest absolute Gasteiger partial charge is 0.140 e. The number of aromatic nitrogens is 4. The summed E-state index contributed by atoms with van der Waals surface area (Å²) < 4.78 is 0. The van der Waals surface area contributed by atoms with E-state index >= 15 is 0 Å². The molecule has 39 heavy (non-hydrogen) atoms. The van der Waals surface area contributed by atoms with Crippen LogP contribution in [0, 0.1) is 5.41 Å². The Morgan fingerprint density at radius 3 is 2.64 bits per heavy atom. The molecule has 0 amide bonds. The van der Waals surface area contributed by atoms with E-state index in [-0.39, 0.29) is 11.3 Å². The molecule has 1 aromatic carbocycles. The summed E-state index contributed by atoms with van der Waals surface area (Å²) in [7, 11) is 2.24. The highest BCUT2D eigenvalue weighted by Crippen LogP contribution is 2.46. The predicted molar refractivity (Wildman–Crippen MR) is 159 cm³/mol. The largest absolute Gasteiger partial charge is 0.371 e. The number of piperidine rings is 1. The molecule has 202 valence electrons. The van der Waals surface area contributed by atoms with Crippen LogP contribution in [0.25, 0.3) is 22.2 Å². The van der Waals surface area contributed by atoms with Crippen molar-refractivity contribution in [3.8, 4) is 11.3 Å². The minimum Gasteiger partial charge on any atom is -0.371 e. The van der Waals surface area contributed by atoms with Crippen molar-refractivity contribution in [1.29, 1.82) is 0 Å². The first-order valence-corrected chi connectivity index (χ1v) is 14.6. The van der Waals surface area contributed by atoms with Crippen LogP contribution in [0.1, 0.15) is 68.3 Å². The zero-order chi connectivity index (χ0) is 26.7. The lowest BCUT2D eigenvalue weighted by molar-refractivity contribution is 0.215. The maximum absolute atomic E-state index is 6.56. The van der Waals surface area contributed by atoms with Gasteiger partial charge in [-0.15, -0.1) is 0 Å². The molecule has 0 bridgehead atoms. The maximum Gasteiger partial charge on any atom is 0.140 e. The summed E-state index contributed by atoms with van der Waals surface area (Å²) in [5.41, 5.74) is 5.60. The normalized spacial score (nSPS) is 22.4. The van der Waals surface area contributed by atoms with E-state index in [2.05, 4.69) is 64.7 Å². The lowest BCUT2D eigenvalue weighted by atomic mass is 9.79. The summed E-state index contributed by atoms with van der Waals surface area (Å²) in [6, 6.07) is 10.6. The van der Waals surface area contributed by atoms with Crippen molar-refractivity contribution in [2.45, 2.75) is 57.4 Å². The number of aromatic amines is 1. The average Bonchev–Trinajstić information content (AvgIpc) is 3.69. The minimum absolute atomic E-state index is 0.0795. The van der Waals surface area contributed by atoms with Gasteiger partial charge in [-0.2, -0.15) is 0 Å². The Morgan fingerprint density at radius 2 is 1.85 bits per heavy atom. The van der Waals surface area contributed by atoms with Crippen molar-refractivity contribution in [2.75, 3.05) is 36.9 Å². The number of benzene rings is 1. The van der Waals surface area contributed by atoms with Crippen LogP contribution < -0.4 is 15.5 Å². The van der Waals surface area contributed by atoms with E-state index in [1.807, 2.05) is 24.4 Å². The molecule has 1 saturated heterocycles. The number of anilines is 2. The first kappa shape index (κ1) is 24.9. The number of nitrogens with one attached hydrogen (secondary N) is 3. The lowest BCUT2D eigenvalue weighted by Gasteiger charge is -2.45. The molecule has 2 fully saturated rings. The summed E-state index contributed by atoms with van der Waals surface area (Å²) >= 11 is 6.56. The molecule has 1 aliphatic carbocycles. The predicted octanol–water partition coefficient (Wildman–Crippen LogP) is 6.32. The molecular formula is C31H36ClN7. The van der Waals surface area contributed by atoms with Crippen LogP contribution in [0.5, 0.6) is 0 Å². The van der Waals surface area contributed by atoms with Crippen LogP contribution in [-0.2, 0) is 0 Å². The lowest BCUT2D eigenvalue weighted by Crippen LogP contribution is -2.54. The summed E-state index contributed by atoms with van der Waals surface area (Å²) in [6.07, 6.45) is 8.44. The molecule has 2 atom stereocenters. The summed E-state index contributed by atoms with van der Waals surface area (Å²) in [5.74, 6) is 3.61. The molecule has 2 aliphatic heterocycles. The van der Waals surface area contributed by atoms with Crippen LogP contribution in [0.4, 0.5) is 11.6 Å². The third-order valence-corrected chi connectivity index (χ3v) is 9.29. The fraction of sp³-hybridized carbons (Fsp3) is 0.452. The first-order chi connectivity index (χ1) is 18.9. The topological polar surface area (TPSA) is 81.8 Å². The molecule has 5 heterocycles. The van der Waals surface area contributed by atoms with E-state index in [0.717, 1.165) is 71.7 Å². The van der Waals surface area contributed by atoms with Crippen LogP contribution in [0.15, 0.2) is 42.7 Å². The Labute approximate surface area is 234 Å². The van der Waals surface area contributed by atoms with Crippen molar-refractivity contribution < 1.29 is 0 Å². The second kappa shape index (κ2) is 9.49. The quantitative estimate of drug-likeness (QED) is 0.274.